The molecule has 1 atom stereocenters. The fraction of sp³-hybridized carbons (Fsp3) is 0.500. The molecule has 0 aliphatic heterocycles. The Bertz CT molecular complexity index is 357. The minimum atomic E-state index is -0.0341. The van der Waals surface area contributed by atoms with E-state index in [2.05, 4.69) is 16.0 Å². The average Bonchev–Trinajstić information content (AvgIpc) is 2.25. The van der Waals surface area contributed by atoms with Crippen molar-refractivity contribution in [3.05, 3.63) is 12.4 Å². The van der Waals surface area contributed by atoms with Crippen molar-refractivity contribution in [3.8, 4) is 6.07 Å². The van der Waals surface area contributed by atoms with E-state index < -0.39 is 0 Å². The fourth-order valence-electron chi connectivity index (χ4n) is 1.28. The zero-order chi connectivity index (χ0) is 11.3. The van der Waals surface area contributed by atoms with Gasteiger partial charge in [-0.2, -0.15) is 5.26 Å². The van der Waals surface area contributed by atoms with E-state index in [1.165, 1.54) is 6.20 Å². The predicted octanol–water partition coefficient (Wildman–Crippen LogP) is 1.04. The van der Waals surface area contributed by atoms with Crippen molar-refractivity contribution in [1.82, 2.24) is 9.97 Å². The minimum Gasteiger partial charge on any atom is -0.382 e. The van der Waals surface area contributed by atoms with Crippen LogP contribution in [0.1, 0.15) is 13.8 Å². The minimum absolute atomic E-state index is 0.0341. The fourth-order valence-corrected chi connectivity index (χ4v) is 1.28. The van der Waals surface area contributed by atoms with Gasteiger partial charge in [0.1, 0.15) is 11.6 Å². The molecule has 1 rings (SSSR count). The van der Waals surface area contributed by atoms with Crippen LogP contribution < -0.4 is 10.6 Å². The quantitative estimate of drug-likeness (QED) is 0.794. The van der Waals surface area contributed by atoms with Gasteiger partial charge in [0.25, 0.3) is 0 Å². The van der Waals surface area contributed by atoms with E-state index in [9.17, 15) is 0 Å². The highest BCUT2D eigenvalue weighted by Crippen LogP contribution is 2.12. The summed E-state index contributed by atoms with van der Waals surface area (Å²) >= 11 is 0. The third-order valence-electron chi connectivity index (χ3n) is 2.06. The standard InChI is InChI=1S/C10H15N5/c1-3-15(7-8(2)4-11)10-6-13-5-9(12)14-10/h5-6,8H,3,7H2,1-2H3,(H2,12,14). The van der Waals surface area contributed by atoms with Gasteiger partial charge in [0.2, 0.25) is 0 Å². The monoisotopic (exact) mass is 205 g/mol. The first-order chi connectivity index (χ1) is 7.17. The molecular formula is C10H15N5. The topological polar surface area (TPSA) is 78.8 Å². The Morgan fingerprint density at radius 3 is 2.87 bits per heavy atom. The van der Waals surface area contributed by atoms with Crippen molar-refractivity contribution in [2.45, 2.75) is 13.8 Å². The largest absolute Gasteiger partial charge is 0.382 e. The molecule has 0 radical (unpaired) electrons. The molecule has 2 N–H and O–H groups in total. The summed E-state index contributed by atoms with van der Waals surface area (Å²) < 4.78 is 0. The molecule has 5 nitrogen and oxygen atoms in total. The molecular weight excluding hydrogens is 190 g/mol. The number of nitrogens with zero attached hydrogens (tertiary/aromatic N) is 4. The number of rotatable bonds is 4. The van der Waals surface area contributed by atoms with E-state index in [-0.39, 0.29) is 5.92 Å². The van der Waals surface area contributed by atoms with E-state index >= 15 is 0 Å². The molecule has 1 aromatic heterocycles. The van der Waals surface area contributed by atoms with Crippen LogP contribution in [-0.4, -0.2) is 23.1 Å². The number of hydrogen-bond donors (Lipinski definition) is 1. The lowest BCUT2D eigenvalue weighted by atomic mass is 10.2. The molecule has 0 saturated carbocycles. The summed E-state index contributed by atoms with van der Waals surface area (Å²) in [6, 6.07) is 2.19. The number of aromatic nitrogens is 2. The summed E-state index contributed by atoms with van der Waals surface area (Å²) in [4.78, 5) is 10.1. The molecule has 1 heterocycles. The lowest BCUT2D eigenvalue weighted by Gasteiger charge is -2.22. The molecule has 15 heavy (non-hydrogen) atoms. The smallest absolute Gasteiger partial charge is 0.149 e. The molecule has 80 valence electrons. The Labute approximate surface area is 89.6 Å². The maximum Gasteiger partial charge on any atom is 0.149 e. The molecule has 0 spiro atoms. The van der Waals surface area contributed by atoms with Crippen LogP contribution in [0.15, 0.2) is 12.4 Å². The van der Waals surface area contributed by atoms with Crippen molar-refractivity contribution in [3.63, 3.8) is 0 Å². The normalized spacial score (nSPS) is 11.8. The van der Waals surface area contributed by atoms with Crippen LogP contribution >= 0.6 is 0 Å². The van der Waals surface area contributed by atoms with Crippen molar-refractivity contribution < 1.29 is 0 Å². The second kappa shape index (κ2) is 5.15. The molecule has 1 unspecified atom stereocenters. The van der Waals surface area contributed by atoms with E-state index in [1.54, 1.807) is 6.20 Å². The first kappa shape index (κ1) is 11.2. The van der Waals surface area contributed by atoms with Crippen LogP contribution in [0.2, 0.25) is 0 Å². The Morgan fingerprint density at radius 1 is 1.60 bits per heavy atom. The van der Waals surface area contributed by atoms with Gasteiger partial charge in [-0.15, -0.1) is 0 Å². The van der Waals surface area contributed by atoms with Crippen LogP contribution in [-0.2, 0) is 0 Å². The maximum absolute atomic E-state index is 8.74. The van der Waals surface area contributed by atoms with Crippen LogP contribution in [0.5, 0.6) is 0 Å². The number of anilines is 2. The highest BCUT2D eigenvalue weighted by atomic mass is 15.2. The van der Waals surface area contributed by atoms with E-state index in [4.69, 9.17) is 11.0 Å². The summed E-state index contributed by atoms with van der Waals surface area (Å²) in [6.45, 7) is 5.31. The van der Waals surface area contributed by atoms with Gasteiger partial charge in [-0.05, 0) is 13.8 Å². The lowest BCUT2D eigenvalue weighted by molar-refractivity contribution is 0.678. The van der Waals surface area contributed by atoms with Crippen molar-refractivity contribution in [2.24, 2.45) is 5.92 Å². The van der Waals surface area contributed by atoms with Gasteiger partial charge in [0, 0.05) is 13.1 Å². The zero-order valence-corrected chi connectivity index (χ0v) is 9.01. The summed E-state index contributed by atoms with van der Waals surface area (Å²) in [7, 11) is 0. The Morgan fingerprint density at radius 2 is 2.33 bits per heavy atom. The first-order valence-corrected chi connectivity index (χ1v) is 4.89. The van der Waals surface area contributed by atoms with Crippen molar-refractivity contribution in [1.29, 1.82) is 5.26 Å². The zero-order valence-electron chi connectivity index (χ0n) is 9.01. The summed E-state index contributed by atoms with van der Waals surface area (Å²) in [6.07, 6.45) is 3.16. The summed E-state index contributed by atoms with van der Waals surface area (Å²) in [5, 5.41) is 8.74. The molecule has 0 bridgehead atoms. The molecule has 0 aliphatic carbocycles. The van der Waals surface area contributed by atoms with Crippen LogP contribution in [0.3, 0.4) is 0 Å². The van der Waals surface area contributed by atoms with Crippen LogP contribution in [0.25, 0.3) is 0 Å². The van der Waals surface area contributed by atoms with Crippen molar-refractivity contribution in [2.75, 3.05) is 23.7 Å². The SMILES string of the molecule is CCN(CC(C)C#N)c1cncc(N)n1. The van der Waals surface area contributed by atoms with E-state index in [0.29, 0.717) is 12.4 Å². The predicted molar refractivity (Wildman–Crippen MR) is 59.1 cm³/mol. The number of nitriles is 1. The lowest BCUT2D eigenvalue weighted by Crippen LogP contribution is -2.28. The Kier molecular flexibility index (Phi) is 3.86. The van der Waals surface area contributed by atoms with Crippen molar-refractivity contribution >= 4 is 11.6 Å². The number of nitrogens with two attached hydrogens (primary N) is 1. The molecule has 0 aliphatic rings. The van der Waals surface area contributed by atoms with Gasteiger partial charge in [0.15, 0.2) is 0 Å². The molecule has 0 amide bonds. The van der Waals surface area contributed by atoms with Gasteiger partial charge < -0.3 is 10.6 Å². The molecule has 5 heteroatoms. The van der Waals surface area contributed by atoms with Gasteiger partial charge in [0.05, 0.1) is 24.4 Å². The molecule has 0 aromatic carbocycles. The van der Waals surface area contributed by atoms with Gasteiger partial charge >= 0.3 is 0 Å². The van der Waals surface area contributed by atoms with Gasteiger partial charge in [-0.25, -0.2) is 4.98 Å². The first-order valence-electron chi connectivity index (χ1n) is 4.89. The Balaban J connectivity index is 2.79. The van der Waals surface area contributed by atoms with Crippen LogP contribution in [0.4, 0.5) is 11.6 Å². The number of hydrogen-bond acceptors (Lipinski definition) is 5. The summed E-state index contributed by atoms with van der Waals surface area (Å²) in [5.74, 6) is 1.09. The Hall–Kier alpha value is -1.83. The number of nitrogen functional groups attached to an aromatic ring is 1. The molecule has 1 aromatic rings. The van der Waals surface area contributed by atoms with Gasteiger partial charge in [-0.1, -0.05) is 0 Å². The molecule has 0 fully saturated rings. The second-order valence-corrected chi connectivity index (χ2v) is 3.37. The third-order valence-corrected chi connectivity index (χ3v) is 2.06. The van der Waals surface area contributed by atoms with Gasteiger partial charge in [-0.3, -0.25) is 4.98 Å². The highest BCUT2D eigenvalue weighted by Gasteiger charge is 2.10. The highest BCUT2D eigenvalue weighted by molar-refractivity contribution is 5.41. The third kappa shape index (κ3) is 3.09. The van der Waals surface area contributed by atoms with Crippen LogP contribution in [0, 0.1) is 17.2 Å². The maximum atomic E-state index is 8.74. The second-order valence-electron chi connectivity index (χ2n) is 3.37. The van der Waals surface area contributed by atoms with E-state index in [1.807, 2.05) is 18.7 Å². The average molecular weight is 205 g/mol. The molecule has 0 saturated heterocycles. The summed E-state index contributed by atoms with van der Waals surface area (Å²) in [5.41, 5.74) is 5.55. The van der Waals surface area contributed by atoms with E-state index in [0.717, 1.165) is 12.4 Å².